The molecule has 1 rings (SSSR count). The van der Waals surface area contributed by atoms with Crippen LogP contribution in [-0.4, -0.2) is 5.91 Å². The van der Waals surface area contributed by atoms with Crippen LogP contribution in [0.5, 0.6) is 0 Å². The summed E-state index contributed by atoms with van der Waals surface area (Å²) in [7, 11) is 0. The van der Waals surface area contributed by atoms with Crippen molar-refractivity contribution in [2.45, 2.75) is 0 Å². The van der Waals surface area contributed by atoms with Crippen LogP contribution in [0.4, 0.5) is 10.1 Å². The van der Waals surface area contributed by atoms with Crippen molar-refractivity contribution in [2.75, 3.05) is 5.32 Å². The van der Waals surface area contributed by atoms with Gasteiger partial charge in [0.15, 0.2) is 6.07 Å². The van der Waals surface area contributed by atoms with Crippen molar-refractivity contribution in [1.82, 2.24) is 0 Å². The molecule has 1 aromatic carbocycles. The van der Waals surface area contributed by atoms with Gasteiger partial charge in [-0.1, -0.05) is 0 Å². The van der Waals surface area contributed by atoms with E-state index in [1.165, 1.54) is 30.3 Å². The van der Waals surface area contributed by atoms with Crippen molar-refractivity contribution < 1.29 is 9.18 Å². The fourth-order valence-corrected chi connectivity index (χ4v) is 0.692. The molecule has 3 nitrogen and oxygen atoms in total. The molecule has 0 atom stereocenters. The van der Waals surface area contributed by atoms with Gasteiger partial charge < -0.3 is 5.32 Å². The summed E-state index contributed by atoms with van der Waals surface area (Å²) in [6, 6.07) is 6.55. The van der Waals surface area contributed by atoms with E-state index in [9.17, 15) is 9.18 Å². The Morgan fingerprint density at radius 2 is 2.00 bits per heavy atom. The van der Waals surface area contributed by atoms with Gasteiger partial charge in [-0.2, -0.15) is 5.26 Å². The molecule has 0 fully saturated rings. The number of carbonyl (C=O) groups excluding carboxylic acids is 1. The number of anilines is 1. The van der Waals surface area contributed by atoms with Crippen LogP contribution >= 0.6 is 0 Å². The molecular formula is C8H5FN2O. The molecule has 0 unspecified atom stereocenters. The van der Waals surface area contributed by atoms with E-state index in [0.717, 1.165) is 0 Å². The lowest BCUT2D eigenvalue weighted by Crippen LogP contribution is -2.07. The van der Waals surface area contributed by atoms with Gasteiger partial charge in [0, 0.05) is 5.69 Å². The SMILES string of the molecule is N#CC(=O)Nc1ccc(F)cc1. The minimum Gasteiger partial charge on any atom is -0.313 e. The molecule has 12 heavy (non-hydrogen) atoms. The summed E-state index contributed by atoms with van der Waals surface area (Å²) >= 11 is 0. The van der Waals surface area contributed by atoms with Gasteiger partial charge in [-0.15, -0.1) is 0 Å². The van der Waals surface area contributed by atoms with E-state index >= 15 is 0 Å². The predicted octanol–water partition coefficient (Wildman–Crippen LogP) is 1.29. The molecule has 0 aliphatic rings. The Labute approximate surface area is 68.4 Å². The average Bonchev–Trinajstić information content (AvgIpc) is 2.09. The highest BCUT2D eigenvalue weighted by atomic mass is 19.1. The first-order chi connectivity index (χ1) is 5.72. The summed E-state index contributed by atoms with van der Waals surface area (Å²) in [5.41, 5.74) is 0.406. The lowest BCUT2D eigenvalue weighted by molar-refractivity contribution is -0.111. The number of rotatable bonds is 1. The van der Waals surface area contributed by atoms with E-state index in [2.05, 4.69) is 5.32 Å². The van der Waals surface area contributed by atoms with Gasteiger partial charge in [0.1, 0.15) is 5.82 Å². The summed E-state index contributed by atoms with van der Waals surface area (Å²) < 4.78 is 12.3. The van der Waals surface area contributed by atoms with Crippen LogP contribution < -0.4 is 5.32 Å². The zero-order valence-corrected chi connectivity index (χ0v) is 6.04. The Morgan fingerprint density at radius 3 is 2.50 bits per heavy atom. The maximum atomic E-state index is 12.3. The third-order valence-electron chi connectivity index (χ3n) is 1.20. The van der Waals surface area contributed by atoms with E-state index < -0.39 is 5.91 Å². The second-order valence-electron chi connectivity index (χ2n) is 2.07. The van der Waals surface area contributed by atoms with E-state index in [1.54, 1.807) is 0 Å². The standard InChI is InChI=1S/C8H5FN2O/c9-6-1-3-7(4-2-6)11-8(12)5-10/h1-4H,(H,11,12). The number of amides is 1. The second kappa shape index (κ2) is 3.49. The molecule has 1 N–H and O–H groups in total. The first kappa shape index (κ1) is 8.21. The van der Waals surface area contributed by atoms with Gasteiger partial charge in [0.05, 0.1) is 0 Å². The Balaban J connectivity index is 2.73. The number of nitrogens with one attached hydrogen (secondary N) is 1. The van der Waals surface area contributed by atoms with Crippen LogP contribution in [0.15, 0.2) is 24.3 Å². The first-order valence-electron chi connectivity index (χ1n) is 3.19. The summed E-state index contributed by atoms with van der Waals surface area (Å²) in [5.74, 6) is -1.15. The molecule has 0 aromatic heterocycles. The predicted molar refractivity (Wildman–Crippen MR) is 40.6 cm³/mol. The minimum atomic E-state index is -0.762. The van der Waals surface area contributed by atoms with Crippen LogP contribution in [0.2, 0.25) is 0 Å². The number of hydrogen-bond donors (Lipinski definition) is 1. The van der Waals surface area contributed by atoms with E-state index in [4.69, 9.17) is 5.26 Å². The van der Waals surface area contributed by atoms with Gasteiger partial charge >= 0.3 is 5.91 Å². The molecule has 1 aromatic rings. The fraction of sp³-hybridized carbons (Fsp3) is 0. The topological polar surface area (TPSA) is 52.9 Å². The van der Waals surface area contributed by atoms with Crippen molar-refractivity contribution in [3.05, 3.63) is 30.1 Å². The molecule has 0 heterocycles. The largest absolute Gasteiger partial charge is 0.326 e. The molecule has 0 saturated carbocycles. The molecule has 0 radical (unpaired) electrons. The van der Waals surface area contributed by atoms with Gasteiger partial charge in [0.2, 0.25) is 0 Å². The van der Waals surface area contributed by atoms with Gasteiger partial charge in [-0.3, -0.25) is 4.79 Å². The van der Waals surface area contributed by atoms with Crippen LogP contribution in [-0.2, 0) is 4.79 Å². The average molecular weight is 164 g/mol. The number of hydrogen-bond acceptors (Lipinski definition) is 2. The summed E-state index contributed by atoms with van der Waals surface area (Å²) in [4.78, 5) is 10.5. The summed E-state index contributed by atoms with van der Waals surface area (Å²) in [5, 5.41) is 10.4. The lowest BCUT2D eigenvalue weighted by Gasteiger charge is -1.97. The highest BCUT2D eigenvalue weighted by Gasteiger charge is 1.98. The van der Waals surface area contributed by atoms with Gasteiger partial charge in [-0.25, -0.2) is 4.39 Å². The lowest BCUT2D eigenvalue weighted by atomic mass is 10.3. The number of carbonyl (C=O) groups is 1. The Hall–Kier alpha value is -1.89. The highest BCUT2D eigenvalue weighted by Crippen LogP contribution is 2.07. The first-order valence-corrected chi connectivity index (χ1v) is 3.19. The number of nitriles is 1. The normalized spacial score (nSPS) is 8.67. The minimum absolute atomic E-state index is 0.384. The quantitative estimate of drug-likeness (QED) is 0.636. The molecule has 0 aliphatic carbocycles. The second-order valence-corrected chi connectivity index (χ2v) is 2.07. The van der Waals surface area contributed by atoms with Crippen molar-refractivity contribution in [3.8, 4) is 6.07 Å². The Bertz CT molecular complexity index is 326. The van der Waals surface area contributed by atoms with Crippen LogP contribution in [0.25, 0.3) is 0 Å². The van der Waals surface area contributed by atoms with Gasteiger partial charge in [-0.05, 0) is 24.3 Å². The molecular weight excluding hydrogens is 159 g/mol. The zero-order chi connectivity index (χ0) is 8.97. The Kier molecular flexibility index (Phi) is 2.38. The van der Waals surface area contributed by atoms with Crippen molar-refractivity contribution >= 4 is 11.6 Å². The summed E-state index contributed by atoms with van der Waals surface area (Å²) in [6.07, 6.45) is 0. The summed E-state index contributed by atoms with van der Waals surface area (Å²) in [6.45, 7) is 0. The van der Waals surface area contributed by atoms with Crippen LogP contribution in [0.1, 0.15) is 0 Å². The van der Waals surface area contributed by atoms with Gasteiger partial charge in [0.25, 0.3) is 0 Å². The smallest absolute Gasteiger partial charge is 0.313 e. The maximum Gasteiger partial charge on any atom is 0.326 e. The third kappa shape index (κ3) is 2.06. The molecule has 0 bridgehead atoms. The van der Waals surface area contributed by atoms with E-state index in [1.807, 2.05) is 0 Å². The van der Waals surface area contributed by atoms with Crippen molar-refractivity contribution in [2.24, 2.45) is 0 Å². The molecule has 0 spiro atoms. The molecule has 1 amide bonds. The van der Waals surface area contributed by atoms with Crippen LogP contribution in [0, 0.1) is 17.1 Å². The number of benzene rings is 1. The number of nitrogens with zero attached hydrogens (tertiary/aromatic N) is 1. The molecule has 4 heteroatoms. The fourth-order valence-electron chi connectivity index (χ4n) is 0.692. The Morgan fingerprint density at radius 1 is 1.42 bits per heavy atom. The monoisotopic (exact) mass is 164 g/mol. The van der Waals surface area contributed by atoms with E-state index in [-0.39, 0.29) is 5.82 Å². The van der Waals surface area contributed by atoms with Crippen molar-refractivity contribution in [1.29, 1.82) is 5.26 Å². The van der Waals surface area contributed by atoms with E-state index in [0.29, 0.717) is 5.69 Å². The molecule has 60 valence electrons. The third-order valence-corrected chi connectivity index (χ3v) is 1.20. The van der Waals surface area contributed by atoms with Crippen LogP contribution in [0.3, 0.4) is 0 Å². The highest BCUT2D eigenvalue weighted by molar-refractivity contribution is 6.02. The molecule has 0 saturated heterocycles. The number of halogens is 1. The van der Waals surface area contributed by atoms with Crippen molar-refractivity contribution in [3.63, 3.8) is 0 Å². The zero-order valence-electron chi connectivity index (χ0n) is 6.04. The maximum absolute atomic E-state index is 12.3. The molecule has 0 aliphatic heterocycles.